The lowest BCUT2D eigenvalue weighted by atomic mass is 10.1. The number of carboxylic acids is 1. The molecule has 0 spiro atoms. The first-order valence-corrected chi connectivity index (χ1v) is 12.8. The van der Waals surface area contributed by atoms with E-state index in [9.17, 15) is 14.7 Å². The molecule has 0 saturated carbocycles. The predicted molar refractivity (Wildman–Crippen MR) is 141 cm³/mol. The molecule has 0 fully saturated rings. The number of nitrogens with one attached hydrogen (secondary N) is 1. The number of carboxylic acid groups (broad SMARTS) is 1. The summed E-state index contributed by atoms with van der Waals surface area (Å²) in [4.78, 5) is 25.8. The number of ether oxygens (including phenoxy) is 3. The lowest BCUT2D eigenvalue weighted by Crippen LogP contribution is -2.40. The SMILES string of the molecule is CCCCCOCCN(CCOc1ccc(CC(OCC)C(=O)O)cc1)C(=O)Nc1ccccc1Cl. The number of para-hydroxylation sites is 1. The summed E-state index contributed by atoms with van der Waals surface area (Å²) in [5.74, 6) is -0.356. The molecule has 1 unspecified atom stereocenters. The molecule has 0 radical (unpaired) electrons. The zero-order valence-corrected chi connectivity index (χ0v) is 21.8. The van der Waals surface area contributed by atoms with Gasteiger partial charge in [0.05, 0.1) is 23.9 Å². The van der Waals surface area contributed by atoms with Gasteiger partial charge in [0.25, 0.3) is 0 Å². The Labute approximate surface area is 218 Å². The molecular weight excluding hydrogens is 484 g/mol. The third-order valence-electron chi connectivity index (χ3n) is 5.42. The molecule has 0 heterocycles. The number of hydrogen-bond acceptors (Lipinski definition) is 5. The molecule has 2 amide bonds. The molecule has 0 bridgehead atoms. The average Bonchev–Trinajstić information content (AvgIpc) is 2.87. The molecule has 0 saturated heterocycles. The van der Waals surface area contributed by atoms with Crippen molar-refractivity contribution in [2.75, 3.05) is 44.8 Å². The number of nitrogens with zero attached hydrogens (tertiary/aromatic N) is 1. The molecule has 2 aromatic carbocycles. The number of carbonyl (C=O) groups excluding carboxylic acids is 1. The van der Waals surface area contributed by atoms with Gasteiger partial charge >= 0.3 is 12.0 Å². The molecule has 36 heavy (non-hydrogen) atoms. The van der Waals surface area contributed by atoms with Gasteiger partial charge in [-0.2, -0.15) is 0 Å². The van der Waals surface area contributed by atoms with Crippen molar-refractivity contribution in [3.8, 4) is 5.75 Å². The number of rotatable bonds is 17. The quantitative estimate of drug-likeness (QED) is 0.268. The molecule has 2 N–H and O–H groups in total. The van der Waals surface area contributed by atoms with Crippen LogP contribution in [0.25, 0.3) is 0 Å². The van der Waals surface area contributed by atoms with Crippen molar-refractivity contribution >= 4 is 29.3 Å². The highest BCUT2D eigenvalue weighted by Gasteiger charge is 2.18. The van der Waals surface area contributed by atoms with Gasteiger partial charge in [0.15, 0.2) is 6.10 Å². The summed E-state index contributed by atoms with van der Waals surface area (Å²) in [5, 5.41) is 12.6. The van der Waals surface area contributed by atoms with E-state index in [0.29, 0.717) is 49.4 Å². The lowest BCUT2D eigenvalue weighted by Gasteiger charge is -2.23. The number of anilines is 1. The third-order valence-corrected chi connectivity index (χ3v) is 5.75. The Kier molecular flexibility index (Phi) is 13.7. The zero-order valence-electron chi connectivity index (χ0n) is 21.1. The predicted octanol–water partition coefficient (Wildman–Crippen LogP) is 5.49. The van der Waals surface area contributed by atoms with Gasteiger partial charge < -0.3 is 29.5 Å². The first-order valence-electron chi connectivity index (χ1n) is 12.4. The first-order chi connectivity index (χ1) is 17.4. The van der Waals surface area contributed by atoms with Crippen LogP contribution in [0.1, 0.15) is 38.7 Å². The van der Waals surface area contributed by atoms with E-state index in [2.05, 4.69) is 12.2 Å². The largest absolute Gasteiger partial charge is 0.492 e. The van der Waals surface area contributed by atoms with Crippen LogP contribution in [0.2, 0.25) is 5.02 Å². The van der Waals surface area contributed by atoms with Gasteiger partial charge in [-0.05, 0) is 43.2 Å². The van der Waals surface area contributed by atoms with E-state index < -0.39 is 12.1 Å². The van der Waals surface area contributed by atoms with Crippen molar-refractivity contribution < 1.29 is 28.9 Å². The second kappa shape index (κ2) is 16.8. The molecule has 1 atom stereocenters. The van der Waals surface area contributed by atoms with Crippen LogP contribution in [0.15, 0.2) is 48.5 Å². The van der Waals surface area contributed by atoms with Gasteiger partial charge in [-0.25, -0.2) is 9.59 Å². The van der Waals surface area contributed by atoms with Crippen LogP contribution in [0, 0.1) is 0 Å². The molecule has 0 aromatic heterocycles. The molecule has 9 heteroatoms. The Balaban J connectivity index is 1.90. The van der Waals surface area contributed by atoms with Crippen molar-refractivity contribution in [2.24, 2.45) is 0 Å². The van der Waals surface area contributed by atoms with E-state index in [1.165, 1.54) is 0 Å². The van der Waals surface area contributed by atoms with Gasteiger partial charge in [-0.1, -0.05) is 55.6 Å². The number of amides is 2. The van der Waals surface area contributed by atoms with Crippen molar-refractivity contribution in [2.45, 2.75) is 45.6 Å². The number of hydrogen-bond donors (Lipinski definition) is 2. The number of halogens is 1. The maximum Gasteiger partial charge on any atom is 0.333 e. The van der Waals surface area contributed by atoms with Crippen molar-refractivity contribution in [1.29, 1.82) is 0 Å². The Bertz CT molecular complexity index is 925. The van der Waals surface area contributed by atoms with Crippen LogP contribution >= 0.6 is 11.6 Å². The zero-order chi connectivity index (χ0) is 26.2. The molecule has 0 aliphatic heterocycles. The van der Waals surface area contributed by atoms with Gasteiger partial charge in [-0.3, -0.25) is 0 Å². The summed E-state index contributed by atoms with van der Waals surface area (Å²) < 4.78 is 16.8. The standard InChI is InChI=1S/C27H37ClN2O6/c1-3-5-8-17-34-18-15-30(27(33)29-24-10-7-6-9-23(24)28)16-19-36-22-13-11-21(12-14-22)20-25(26(31)32)35-4-2/h6-7,9-14,25H,3-5,8,15-20H2,1-2H3,(H,29,33)(H,31,32). The van der Waals surface area contributed by atoms with Crippen molar-refractivity contribution in [1.82, 2.24) is 4.90 Å². The molecule has 2 aromatic rings. The first kappa shape index (κ1) is 29.4. The maximum absolute atomic E-state index is 12.9. The summed E-state index contributed by atoms with van der Waals surface area (Å²) in [6, 6.07) is 14.0. The van der Waals surface area contributed by atoms with E-state index in [1.54, 1.807) is 42.2 Å². The number of urea groups is 1. The van der Waals surface area contributed by atoms with Crippen molar-refractivity contribution in [3.63, 3.8) is 0 Å². The molecule has 0 aliphatic carbocycles. The van der Waals surface area contributed by atoms with Gasteiger partial charge in [0.2, 0.25) is 0 Å². The van der Waals surface area contributed by atoms with E-state index in [-0.39, 0.29) is 19.1 Å². The smallest absolute Gasteiger partial charge is 0.333 e. The lowest BCUT2D eigenvalue weighted by molar-refractivity contribution is -0.149. The van der Waals surface area contributed by atoms with E-state index in [1.807, 2.05) is 18.2 Å². The van der Waals surface area contributed by atoms with Crippen LogP contribution in [0.4, 0.5) is 10.5 Å². The van der Waals surface area contributed by atoms with Gasteiger partial charge in [0.1, 0.15) is 12.4 Å². The topological polar surface area (TPSA) is 97.3 Å². The summed E-state index contributed by atoms with van der Waals surface area (Å²) in [5.41, 5.74) is 1.38. The Hall–Kier alpha value is -2.81. The van der Waals surface area contributed by atoms with E-state index in [4.69, 9.17) is 25.8 Å². The highest BCUT2D eigenvalue weighted by Crippen LogP contribution is 2.21. The second-order valence-corrected chi connectivity index (χ2v) is 8.60. The average molecular weight is 521 g/mol. The minimum Gasteiger partial charge on any atom is -0.492 e. The summed E-state index contributed by atoms with van der Waals surface area (Å²) in [6.45, 7) is 6.39. The molecule has 0 aliphatic rings. The number of aliphatic carboxylic acids is 1. The Morgan fingerprint density at radius 1 is 1.00 bits per heavy atom. The van der Waals surface area contributed by atoms with Crippen LogP contribution in [-0.2, 0) is 20.7 Å². The Morgan fingerprint density at radius 3 is 2.39 bits per heavy atom. The highest BCUT2D eigenvalue weighted by atomic mass is 35.5. The molecule has 2 rings (SSSR count). The number of unbranched alkanes of at least 4 members (excludes halogenated alkanes) is 2. The van der Waals surface area contributed by atoms with Gasteiger partial charge in [-0.15, -0.1) is 0 Å². The van der Waals surface area contributed by atoms with E-state index in [0.717, 1.165) is 24.8 Å². The summed E-state index contributed by atoms with van der Waals surface area (Å²) >= 11 is 6.19. The van der Waals surface area contributed by atoms with Crippen LogP contribution in [0.3, 0.4) is 0 Å². The van der Waals surface area contributed by atoms with Gasteiger partial charge in [0, 0.05) is 26.2 Å². The minimum absolute atomic E-state index is 0.275. The second-order valence-electron chi connectivity index (χ2n) is 8.20. The summed E-state index contributed by atoms with van der Waals surface area (Å²) in [6.07, 6.45) is 2.64. The molecule has 8 nitrogen and oxygen atoms in total. The van der Waals surface area contributed by atoms with Crippen LogP contribution < -0.4 is 10.1 Å². The molecular formula is C27H37ClN2O6. The van der Waals surface area contributed by atoms with Crippen LogP contribution in [-0.4, -0.2) is 67.6 Å². The van der Waals surface area contributed by atoms with E-state index >= 15 is 0 Å². The fourth-order valence-electron chi connectivity index (χ4n) is 3.43. The monoisotopic (exact) mass is 520 g/mol. The molecule has 198 valence electrons. The fourth-order valence-corrected chi connectivity index (χ4v) is 3.61. The highest BCUT2D eigenvalue weighted by molar-refractivity contribution is 6.33. The third kappa shape index (κ3) is 10.8. The number of carbonyl (C=O) groups is 2. The Morgan fingerprint density at radius 2 is 1.72 bits per heavy atom. The van der Waals surface area contributed by atoms with Crippen LogP contribution in [0.5, 0.6) is 5.75 Å². The fraction of sp³-hybridized carbons (Fsp3) is 0.481. The number of benzene rings is 2. The normalized spacial score (nSPS) is 11.6. The van der Waals surface area contributed by atoms with Crippen molar-refractivity contribution in [3.05, 3.63) is 59.1 Å². The maximum atomic E-state index is 12.9. The minimum atomic E-state index is -0.985. The summed E-state index contributed by atoms with van der Waals surface area (Å²) in [7, 11) is 0.